The number of rotatable bonds is 3. The van der Waals surface area contributed by atoms with Gasteiger partial charge in [-0.3, -0.25) is 4.79 Å². The summed E-state index contributed by atoms with van der Waals surface area (Å²) >= 11 is 1.48. The quantitative estimate of drug-likeness (QED) is 0.866. The number of hydrogen-bond donors (Lipinski definition) is 2. The maximum Gasteiger partial charge on any atom is 0.341 e. The molecule has 2 aromatic rings. The zero-order valence-electron chi connectivity index (χ0n) is 9.45. The van der Waals surface area contributed by atoms with E-state index in [0.717, 1.165) is 10.7 Å². The van der Waals surface area contributed by atoms with Crippen molar-refractivity contribution < 1.29 is 15.0 Å². The molecule has 0 aromatic carbocycles. The highest BCUT2D eigenvalue weighted by Crippen LogP contribution is 2.11. The van der Waals surface area contributed by atoms with E-state index in [1.807, 2.05) is 12.3 Å². The number of carboxylic acid groups (broad SMARTS) is 1. The molecule has 2 rings (SSSR count). The second-order valence-electron chi connectivity index (χ2n) is 3.72. The van der Waals surface area contributed by atoms with Crippen LogP contribution in [0.3, 0.4) is 0 Å². The third kappa shape index (κ3) is 2.40. The normalized spacial score (nSPS) is 10.5. The zero-order valence-corrected chi connectivity index (χ0v) is 10.3. The van der Waals surface area contributed by atoms with Crippen LogP contribution in [0.1, 0.15) is 21.1 Å². The van der Waals surface area contributed by atoms with Crippen molar-refractivity contribution in [2.24, 2.45) is 0 Å². The van der Waals surface area contributed by atoms with Gasteiger partial charge in [0.1, 0.15) is 5.56 Å². The molecular weight excluding hydrogens is 256 g/mol. The lowest BCUT2D eigenvalue weighted by Crippen LogP contribution is -2.17. The van der Waals surface area contributed by atoms with E-state index in [-0.39, 0.29) is 0 Å². The van der Waals surface area contributed by atoms with E-state index in [4.69, 9.17) is 5.11 Å². The fraction of sp³-hybridized carbons (Fsp3) is 0.182. The van der Waals surface area contributed by atoms with Crippen LogP contribution < -0.4 is 5.43 Å². The van der Waals surface area contributed by atoms with Gasteiger partial charge in [0.25, 0.3) is 0 Å². The molecule has 2 heterocycles. The minimum Gasteiger partial charge on any atom is -0.503 e. The van der Waals surface area contributed by atoms with Crippen LogP contribution in [0.25, 0.3) is 0 Å². The minimum absolute atomic E-state index is 0.304. The predicted molar refractivity (Wildman–Crippen MR) is 65.3 cm³/mol. The molecule has 0 aliphatic heterocycles. The Bertz CT molecular complexity index is 659. The van der Waals surface area contributed by atoms with Crippen molar-refractivity contribution >= 4 is 17.3 Å². The Kier molecular flexibility index (Phi) is 3.15. The second-order valence-corrected chi connectivity index (χ2v) is 4.78. The highest BCUT2D eigenvalue weighted by molar-refractivity contribution is 7.09. The summed E-state index contributed by atoms with van der Waals surface area (Å²) in [6.45, 7) is 2.16. The van der Waals surface area contributed by atoms with E-state index < -0.39 is 22.7 Å². The van der Waals surface area contributed by atoms with Gasteiger partial charge >= 0.3 is 5.97 Å². The van der Waals surface area contributed by atoms with Crippen LogP contribution in [0, 0.1) is 6.92 Å². The molecule has 0 amide bonds. The van der Waals surface area contributed by atoms with Crippen molar-refractivity contribution in [3.05, 3.63) is 44.3 Å². The molecule has 18 heavy (non-hydrogen) atoms. The highest BCUT2D eigenvalue weighted by Gasteiger charge is 2.13. The van der Waals surface area contributed by atoms with Crippen molar-refractivity contribution in [2.45, 2.75) is 13.5 Å². The van der Waals surface area contributed by atoms with E-state index in [2.05, 4.69) is 4.98 Å². The van der Waals surface area contributed by atoms with Gasteiger partial charge in [0.15, 0.2) is 5.75 Å². The number of pyridine rings is 1. The van der Waals surface area contributed by atoms with Crippen molar-refractivity contribution in [2.75, 3.05) is 0 Å². The SMILES string of the molecule is Cc1nc(Cn2cc(O)c(=O)c(C(=O)O)c2)cs1. The molecule has 2 aromatic heterocycles. The summed E-state index contributed by atoms with van der Waals surface area (Å²) in [6.07, 6.45) is 2.39. The first-order valence-electron chi connectivity index (χ1n) is 5.04. The molecule has 6 nitrogen and oxygen atoms in total. The third-order valence-corrected chi connectivity index (χ3v) is 3.12. The number of nitrogens with zero attached hydrogens (tertiary/aromatic N) is 2. The third-order valence-electron chi connectivity index (χ3n) is 2.30. The number of aromatic carboxylic acids is 1. The van der Waals surface area contributed by atoms with Crippen molar-refractivity contribution in [1.82, 2.24) is 9.55 Å². The Morgan fingerprint density at radius 3 is 2.78 bits per heavy atom. The number of aryl methyl sites for hydroxylation is 1. The van der Waals surface area contributed by atoms with E-state index in [0.29, 0.717) is 6.54 Å². The molecule has 0 aliphatic rings. The molecule has 0 fully saturated rings. The van der Waals surface area contributed by atoms with Gasteiger partial charge in [-0.1, -0.05) is 0 Å². The van der Waals surface area contributed by atoms with Gasteiger partial charge in [0.2, 0.25) is 5.43 Å². The standard InChI is InChI=1S/C11H10N2O4S/c1-6-12-7(5-18-6)2-13-3-8(11(16)17)10(15)9(14)4-13/h3-5,14H,2H2,1H3,(H,16,17). The predicted octanol–water partition coefficient (Wildman–Crippen LogP) is 1.07. The summed E-state index contributed by atoms with van der Waals surface area (Å²) < 4.78 is 1.43. The number of carboxylic acids is 1. The maximum absolute atomic E-state index is 11.4. The van der Waals surface area contributed by atoms with Crippen LogP contribution in [0.15, 0.2) is 22.6 Å². The van der Waals surface area contributed by atoms with Gasteiger partial charge in [-0.2, -0.15) is 0 Å². The van der Waals surface area contributed by atoms with Crippen LogP contribution >= 0.6 is 11.3 Å². The average Bonchev–Trinajstić information content (AvgIpc) is 2.68. The first-order valence-corrected chi connectivity index (χ1v) is 5.92. The largest absolute Gasteiger partial charge is 0.503 e. The molecule has 0 saturated carbocycles. The van der Waals surface area contributed by atoms with Gasteiger partial charge in [-0.15, -0.1) is 11.3 Å². The lowest BCUT2D eigenvalue weighted by molar-refractivity contribution is 0.0694. The second kappa shape index (κ2) is 4.61. The maximum atomic E-state index is 11.4. The Balaban J connectivity index is 2.40. The number of thiazole rings is 1. The number of carbonyl (C=O) groups is 1. The summed E-state index contributed by atoms with van der Waals surface area (Å²) in [7, 11) is 0. The van der Waals surface area contributed by atoms with E-state index in [9.17, 15) is 14.7 Å². The van der Waals surface area contributed by atoms with Crippen molar-refractivity contribution in [3.63, 3.8) is 0 Å². The van der Waals surface area contributed by atoms with Gasteiger partial charge in [0, 0.05) is 11.6 Å². The Hall–Kier alpha value is -2.15. The monoisotopic (exact) mass is 266 g/mol. The molecule has 0 radical (unpaired) electrons. The molecule has 2 N–H and O–H groups in total. The number of hydrogen-bond acceptors (Lipinski definition) is 5. The smallest absolute Gasteiger partial charge is 0.341 e. The van der Waals surface area contributed by atoms with Gasteiger partial charge in [0.05, 0.1) is 23.4 Å². The number of aromatic hydroxyl groups is 1. The lowest BCUT2D eigenvalue weighted by Gasteiger charge is -2.06. The molecular formula is C11H10N2O4S. The fourth-order valence-corrected chi connectivity index (χ4v) is 2.13. The van der Waals surface area contributed by atoms with Gasteiger partial charge in [-0.25, -0.2) is 9.78 Å². The van der Waals surface area contributed by atoms with Gasteiger partial charge in [-0.05, 0) is 6.92 Å². The van der Waals surface area contributed by atoms with Crippen LogP contribution in [0.2, 0.25) is 0 Å². The van der Waals surface area contributed by atoms with Crippen LogP contribution in [-0.4, -0.2) is 25.7 Å². The molecule has 7 heteroatoms. The van der Waals surface area contributed by atoms with E-state index in [1.54, 1.807) is 0 Å². The molecule has 0 bridgehead atoms. The summed E-state index contributed by atoms with van der Waals surface area (Å²) in [5.74, 6) is -1.94. The van der Waals surface area contributed by atoms with Crippen molar-refractivity contribution in [1.29, 1.82) is 0 Å². The minimum atomic E-state index is -1.36. The van der Waals surface area contributed by atoms with E-state index >= 15 is 0 Å². The number of aromatic nitrogens is 2. The Morgan fingerprint density at radius 2 is 2.22 bits per heavy atom. The Labute approximate surface area is 106 Å². The summed E-state index contributed by atoms with van der Waals surface area (Å²) in [5, 5.41) is 21.0. The van der Waals surface area contributed by atoms with E-state index in [1.165, 1.54) is 28.3 Å². The summed E-state index contributed by atoms with van der Waals surface area (Å²) in [6, 6.07) is 0. The van der Waals surface area contributed by atoms with Crippen molar-refractivity contribution in [3.8, 4) is 5.75 Å². The highest BCUT2D eigenvalue weighted by atomic mass is 32.1. The average molecular weight is 266 g/mol. The molecule has 0 unspecified atom stereocenters. The first-order chi connectivity index (χ1) is 8.47. The van der Waals surface area contributed by atoms with Gasteiger partial charge < -0.3 is 14.8 Å². The first kappa shape index (κ1) is 12.3. The molecule has 0 spiro atoms. The molecule has 0 aliphatic carbocycles. The van der Waals surface area contributed by atoms with Crippen LogP contribution in [0.4, 0.5) is 0 Å². The summed E-state index contributed by atoms with van der Waals surface area (Å²) in [4.78, 5) is 26.4. The fourth-order valence-electron chi connectivity index (χ4n) is 1.53. The zero-order chi connectivity index (χ0) is 13.3. The molecule has 94 valence electrons. The Morgan fingerprint density at radius 1 is 1.50 bits per heavy atom. The topological polar surface area (TPSA) is 92.4 Å². The lowest BCUT2D eigenvalue weighted by atomic mass is 10.2. The van der Waals surface area contributed by atoms with Crippen LogP contribution in [0.5, 0.6) is 5.75 Å². The summed E-state index contributed by atoms with van der Waals surface area (Å²) in [5.41, 5.74) is -0.591. The van der Waals surface area contributed by atoms with Crippen LogP contribution in [-0.2, 0) is 6.54 Å². The molecule has 0 saturated heterocycles. The molecule has 0 atom stereocenters.